The number of carboxylic acids is 1. The van der Waals surface area contributed by atoms with Crippen LogP contribution >= 0.6 is 11.6 Å². The zero-order chi connectivity index (χ0) is 15.5. The number of carbonyl (C=O) groups excluding carboxylic acids is 1. The van der Waals surface area contributed by atoms with Crippen molar-refractivity contribution in [3.63, 3.8) is 0 Å². The van der Waals surface area contributed by atoms with Crippen LogP contribution in [0.1, 0.15) is 32.1 Å². The molecule has 1 aromatic rings. The summed E-state index contributed by atoms with van der Waals surface area (Å²) >= 11 is 5.81. The van der Waals surface area contributed by atoms with Gasteiger partial charge in [-0.1, -0.05) is 30.5 Å². The molecule has 1 aromatic carbocycles. The number of aliphatic carboxylic acids is 1. The lowest BCUT2D eigenvalue weighted by atomic mass is 10.1. The Morgan fingerprint density at radius 3 is 2.67 bits per heavy atom. The molecule has 116 valence electrons. The van der Waals surface area contributed by atoms with Crippen LogP contribution in [0, 0.1) is 0 Å². The normalized spacial score (nSPS) is 10.1. The summed E-state index contributed by atoms with van der Waals surface area (Å²) in [5, 5.41) is 11.8. The van der Waals surface area contributed by atoms with Crippen molar-refractivity contribution >= 4 is 23.5 Å². The lowest BCUT2D eigenvalue weighted by Gasteiger charge is -2.07. The van der Waals surface area contributed by atoms with Crippen LogP contribution in [0.4, 0.5) is 0 Å². The molecule has 1 rings (SSSR count). The SMILES string of the molecule is O=C(O)CCCCCCNC(=O)COc1cccc(Cl)c1. The van der Waals surface area contributed by atoms with Gasteiger partial charge in [-0.2, -0.15) is 0 Å². The van der Waals surface area contributed by atoms with Gasteiger partial charge in [-0.15, -0.1) is 0 Å². The standard InChI is InChI=1S/C15H20ClNO4/c16-12-6-5-7-13(10-12)21-11-14(18)17-9-4-2-1-3-8-15(19)20/h5-7,10H,1-4,8-9,11H2,(H,17,18)(H,19,20). The highest BCUT2D eigenvalue weighted by molar-refractivity contribution is 6.30. The predicted octanol–water partition coefficient (Wildman–Crippen LogP) is 2.87. The average molecular weight is 314 g/mol. The van der Waals surface area contributed by atoms with Crippen LogP contribution in [-0.4, -0.2) is 30.1 Å². The Morgan fingerprint density at radius 1 is 1.19 bits per heavy atom. The molecule has 0 saturated heterocycles. The molecule has 0 spiro atoms. The van der Waals surface area contributed by atoms with E-state index in [0.29, 0.717) is 23.7 Å². The van der Waals surface area contributed by atoms with Gasteiger partial charge in [-0.3, -0.25) is 9.59 Å². The first-order valence-corrected chi connectivity index (χ1v) is 7.32. The van der Waals surface area contributed by atoms with E-state index in [2.05, 4.69) is 5.32 Å². The minimum atomic E-state index is -0.763. The van der Waals surface area contributed by atoms with E-state index in [9.17, 15) is 9.59 Å². The fraction of sp³-hybridized carbons (Fsp3) is 0.467. The molecule has 6 heteroatoms. The molecule has 0 aliphatic carbocycles. The topological polar surface area (TPSA) is 75.6 Å². The third-order valence-corrected chi connectivity index (χ3v) is 3.04. The summed E-state index contributed by atoms with van der Waals surface area (Å²) in [6, 6.07) is 6.88. The van der Waals surface area contributed by atoms with Crippen molar-refractivity contribution in [1.29, 1.82) is 0 Å². The van der Waals surface area contributed by atoms with Gasteiger partial charge in [-0.25, -0.2) is 0 Å². The van der Waals surface area contributed by atoms with Crippen LogP contribution in [0.25, 0.3) is 0 Å². The molecule has 0 radical (unpaired) electrons. The zero-order valence-electron chi connectivity index (χ0n) is 11.8. The molecule has 1 amide bonds. The molecular formula is C15H20ClNO4. The maximum atomic E-state index is 11.5. The fourth-order valence-electron chi connectivity index (χ4n) is 1.74. The number of rotatable bonds is 10. The summed E-state index contributed by atoms with van der Waals surface area (Å²) < 4.78 is 5.31. The van der Waals surface area contributed by atoms with Crippen LogP contribution in [0.2, 0.25) is 5.02 Å². The van der Waals surface area contributed by atoms with Crippen LogP contribution in [0.5, 0.6) is 5.75 Å². The Hall–Kier alpha value is -1.75. The Balaban J connectivity index is 2.03. The van der Waals surface area contributed by atoms with Gasteiger partial charge in [0.05, 0.1) is 0 Å². The second-order valence-electron chi connectivity index (χ2n) is 4.65. The summed E-state index contributed by atoms with van der Waals surface area (Å²) in [5.41, 5.74) is 0. The molecule has 0 aromatic heterocycles. The van der Waals surface area contributed by atoms with E-state index in [-0.39, 0.29) is 18.9 Å². The first kappa shape index (κ1) is 17.3. The van der Waals surface area contributed by atoms with Gasteiger partial charge in [0.2, 0.25) is 0 Å². The number of nitrogens with one attached hydrogen (secondary N) is 1. The lowest BCUT2D eigenvalue weighted by molar-refractivity contribution is -0.137. The van der Waals surface area contributed by atoms with Crippen molar-refractivity contribution in [3.05, 3.63) is 29.3 Å². The number of halogens is 1. The minimum absolute atomic E-state index is 0.0423. The molecule has 0 bridgehead atoms. The molecule has 0 unspecified atom stereocenters. The number of benzene rings is 1. The Morgan fingerprint density at radius 2 is 1.95 bits per heavy atom. The Bertz CT molecular complexity index is 465. The molecule has 0 aliphatic heterocycles. The first-order valence-electron chi connectivity index (χ1n) is 6.95. The number of carboxylic acid groups (broad SMARTS) is 1. The van der Waals surface area contributed by atoms with Crippen molar-refractivity contribution in [1.82, 2.24) is 5.32 Å². The number of unbranched alkanes of at least 4 members (excludes halogenated alkanes) is 3. The van der Waals surface area contributed by atoms with Gasteiger partial charge in [-0.05, 0) is 31.0 Å². The van der Waals surface area contributed by atoms with E-state index in [1.807, 2.05) is 0 Å². The van der Waals surface area contributed by atoms with Crippen LogP contribution in [-0.2, 0) is 9.59 Å². The Labute approximate surface area is 129 Å². The smallest absolute Gasteiger partial charge is 0.303 e. The van der Waals surface area contributed by atoms with E-state index >= 15 is 0 Å². The third kappa shape index (κ3) is 8.92. The number of carbonyl (C=O) groups is 2. The highest BCUT2D eigenvalue weighted by Gasteiger charge is 2.02. The van der Waals surface area contributed by atoms with Gasteiger partial charge in [0.15, 0.2) is 6.61 Å². The maximum Gasteiger partial charge on any atom is 0.303 e. The predicted molar refractivity (Wildman–Crippen MR) is 80.7 cm³/mol. The van der Waals surface area contributed by atoms with E-state index in [0.717, 1.165) is 19.3 Å². The maximum absolute atomic E-state index is 11.5. The third-order valence-electron chi connectivity index (χ3n) is 2.81. The number of ether oxygens (including phenoxy) is 1. The summed E-state index contributed by atoms with van der Waals surface area (Å²) in [5.74, 6) is -0.381. The van der Waals surface area contributed by atoms with Gasteiger partial charge in [0, 0.05) is 18.0 Å². The highest BCUT2D eigenvalue weighted by Crippen LogP contribution is 2.16. The van der Waals surface area contributed by atoms with Crippen molar-refractivity contribution in [2.45, 2.75) is 32.1 Å². The highest BCUT2D eigenvalue weighted by atomic mass is 35.5. The second-order valence-corrected chi connectivity index (χ2v) is 5.09. The molecule has 0 saturated carbocycles. The lowest BCUT2D eigenvalue weighted by Crippen LogP contribution is -2.29. The number of hydrogen-bond acceptors (Lipinski definition) is 3. The van der Waals surface area contributed by atoms with Gasteiger partial charge in [0.1, 0.15) is 5.75 Å². The van der Waals surface area contributed by atoms with Crippen molar-refractivity contribution in [3.8, 4) is 5.75 Å². The van der Waals surface area contributed by atoms with E-state index in [1.54, 1.807) is 24.3 Å². The van der Waals surface area contributed by atoms with Crippen LogP contribution in [0.3, 0.4) is 0 Å². The summed E-state index contributed by atoms with van der Waals surface area (Å²) in [7, 11) is 0. The van der Waals surface area contributed by atoms with Gasteiger partial charge in [0.25, 0.3) is 5.91 Å². The van der Waals surface area contributed by atoms with E-state index in [4.69, 9.17) is 21.4 Å². The molecule has 2 N–H and O–H groups in total. The second kappa shape index (κ2) is 10.0. The monoisotopic (exact) mass is 313 g/mol. The quantitative estimate of drug-likeness (QED) is 0.651. The molecule has 0 atom stereocenters. The fourth-order valence-corrected chi connectivity index (χ4v) is 1.92. The first-order chi connectivity index (χ1) is 10.1. The van der Waals surface area contributed by atoms with Crippen molar-refractivity contribution in [2.75, 3.05) is 13.2 Å². The average Bonchev–Trinajstić information content (AvgIpc) is 2.44. The minimum Gasteiger partial charge on any atom is -0.484 e. The summed E-state index contributed by atoms with van der Waals surface area (Å²) in [4.78, 5) is 21.8. The Kier molecular flexibility index (Phi) is 8.28. The number of amides is 1. The van der Waals surface area contributed by atoms with Crippen LogP contribution < -0.4 is 10.1 Å². The van der Waals surface area contributed by atoms with Gasteiger partial charge >= 0.3 is 5.97 Å². The summed E-state index contributed by atoms with van der Waals surface area (Å²) in [6.45, 7) is 0.532. The van der Waals surface area contributed by atoms with Crippen molar-refractivity contribution < 1.29 is 19.4 Å². The van der Waals surface area contributed by atoms with E-state index in [1.165, 1.54) is 0 Å². The summed E-state index contributed by atoms with van der Waals surface area (Å²) in [6.07, 6.45) is 3.49. The van der Waals surface area contributed by atoms with Crippen molar-refractivity contribution in [2.24, 2.45) is 0 Å². The van der Waals surface area contributed by atoms with E-state index < -0.39 is 5.97 Å². The number of hydrogen-bond donors (Lipinski definition) is 2. The largest absolute Gasteiger partial charge is 0.484 e. The molecule has 5 nitrogen and oxygen atoms in total. The molecule has 21 heavy (non-hydrogen) atoms. The van der Waals surface area contributed by atoms with Gasteiger partial charge < -0.3 is 15.2 Å². The molecule has 0 fully saturated rings. The zero-order valence-corrected chi connectivity index (χ0v) is 12.6. The molecule has 0 aliphatic rings. The van der Waals surface area contributed by atoms with Crippen LogP contribution in [0.15, 0.2) is 24.3 Å². The molecule has 0 heterocycles. The molecular weight excluding hydrogens is 294 g/mol.